The van der Waals surface area contributed by atoms with E-state index in [1.54, 1.807) is 6.20 Å². The number of hydrogen-bond donors (Lipinski definition) is 3. The predicted octanol–water partition coefficient (Wildman–Crippen LogP) is 0.238. The first-order valence-electron chi connectivity index (χ1n) is 6.40. The molecule has 1 saturated heterocycles. The van der Waals surface area contributed by atoms with Gasteiger partial charge in [-0.05, 0) is 20.3 Å². The third kappa shape index (κ3) is 2.26. The van der Waals surface area contributed by atoms with Gasteiger partial charge in [-0.25, -0.2) is 4.98 Å². The lowest BCUT2D eigenvalue weighted by molar-refractivity contribution is 0.0407. The third-order valence-electron chi connectivity index (χ3n) is 3.70. The Bertz CT molecular complexity index is 563. The average molecular weight is 262 g/mol. The molecule has 3 rings (SSSR count). The fraction of sp³-hybridized carbons (Fsp3) is 0.583. The first-order valence-corrected chi connectivity index (χ1v) is 6.40. The standard InChI is InChI=1S/C12H18N6O/c1-8-10(15-9(2)14-8)6-18-4-3-12(19,7-18)11-5-13-17-16-11/h5,19H,3-4,6-7H2,1-2H3,(H,14,15)(H,13,16,17). The number of likely N-dealkylation sites (tertiary alicyclic amines) is 1. The van der Waals surface area contributed by atoms with Crippen molar-refractivity contribution in [2.45, 2.75) is 32.4 Å². The highest BCUT2D eigenvalue weighted by Gasteiger charge is 2.39. The third-order valence-corrected chi connectivity index (χ3v) is 3.70. The van der Waals surface area contributed by atoms with Gasteiger partial charge in [-0.1, -0.05) is 0 Å². The summed E-state index contributed by atoms with van der Waals surface area (Å²) in [5.74, 6) is 0.929. The normalized spacial score (nSPS) is 24.2. The van der Waals surface area contributed by atoms with Crippen LogP contribution in [-0.4, -0.2) is 48.5 Å². The van der Waals surface area contributed by atoms with E-state index in [4.69, 9.17) is 0 Å². The molecule has 0 amide bonds. The fourth-order valence-corrected chi connectivity index (χ4v) is 2.66. The van der Waals surface area contributed by atoms with Crippen molar-refractivity contribution in [1.82, 2.24) is 30.3 Å². The summed E-state index contributed by atoms with van der Waals surface area (Å²) in [7, 11) is 0. The van der Waals surface area contributed by atoms with E-state index in [9.17, 15) is 5.11 Å². The molecular formula is C12H18N6O. The lowest BCUT2D eigenvalue weighted by Gasteiger charge is -2.20. The minimum absolute atomic E-state index is 0.560. The van der Waals surface area contributed by atoms with E-state index < -0.39 is 5.60 Å². The molecule has 7 nitrogen and oxygen atoms in total. The average Bonchev–Trinajstić information content (AvgIpc) is 3.03. The highest BCUT2D eigenvalue weighted by molar-refractivity contribution is 5.15. The molecular weight excluding hydrogens is 244 g/mol. The molecule has 2 aromatic rings. The zero-order chi connectivity index (χ0) is 13.5. The summed E-state index contributed by atoms with van der Waals surface area (Å²) in [6, 6.07) is 0. The first-order chi connectivity index (χ1) is 9.07. The summed E-state index contributed by atoms with van der Waals surface area (Å²) < 4.78 is 0. The number of aromatic nitrogens is 5. The van der Waals surface area contributed by atoms with Gasteiger partial charge in [-0.2, -0.15) is 15.4 Å². The van der Waals surface area contributed by atoms with Crippen molar-refractivity contribution in [3.05, 3.63) is 29.1 Å². The second kappa shape index (κ2) is 4.43. The van der Waals surface area contributed by atoms with Gasteiger partial charge in [0, 0.05) is 25.3 Å². The van der Waals surface area contributed by atoms with Gasteiger partial charge in [0.05, 0.1) is 11.9 Å². The zero-order valence-corrected chi connectivity index (χ0v) is 11.1. The van der Waals surface area contributed by atoms with E-state index in [1.165, 1.54) is 0 Å². The Balaban J connectivity index is 1.71. The molecule has 0 aliphatic carbocycles. The molecule has 1 unspecified atom stereocenters. The van der Waals surface area contributed by atoms with Crippen LogP contribution in [0.2, 0.25) is 0 Å². The van der Waals surface area contributed by atoms with Gasteiger partial charge >= 0.3 is 0 Å². The van der Waals surface area contributed by atoms with Crippen molar-refractivity contribution in [3.8, 4) is 0 Å². The molecule has 1 aliphatic heterocycles. The van der Waals surface area contributed by atoms with Crippen LogP contribution in [0.1, 0.15) is 29.3 Å². The van der Waals surface area contributed by atoms with Gasteiger partial charge in [0.25, 0.3) is 0 Å². The van der Waals surface area contributed by atoms with Crippen molar-refractivity contribution in [2.24, 2.45) is 0 Å². The van der Waals surface area contributed by atoms with Gasteiger partial charge in [-0.15, -0.1) is 0 Å². The number of imidazole rings is 1. The molecule has 19 heavy (non-hydrogen) atoms. The van der Waals surface area contributed by atoms with Crippen molar-refractivity contribution in [3.63, 3.8) is 0 Å². The van der Waals surface area contributed by atoms with Gasteiger partial charge < -0.3 is 10.1 Å². The maximum atomic E-state index is 10.6. The van der Waals surface area contributed by atoms with Crippen LogP contribution in [0.5, 0.6) is 0 Å². The summed E-state index contributed by atoms with van der Waals surface area (Å²) in [6.45, 7) is 6.11. The largest absolute Gasteiger partial charge is 0.382 e. The number of aryl methyl sites for hydroxylation is 2. The van der Waals surface area contributed by atoms with Crippen molar-refractivity contribution >= 4 is 0 Å². The first kappa shape index (κ1) is 12.3. The van der Waals surface area contributed by atoms with Crippen LogP contribution in [0.15, 0.2) is 6.20 Å². The van der Waals surface area contributed by atoms with Crippen molar-refractivity contribution < 1.29 is 5.11 Å². The zero-order valence-electron chi connectivity index (χ0n) is 11.1. The van der Waals surface area contributed by atoms with E-state index in [1.807, 2.05) is 13.8 Å². The van der Waals surface area contributed by atoms with Gasteiger partial charge in [0.2, 0.25) is 0 Å². The Morgan fingerprint density at radius 1 is 1.47 bits per heavy atom. The van der Waals surface area contributed by atoms with Crippen LogP contribution >= 0.6 is 0 Å². The summed E-state index contributed by atoms with van der Waals surface area (Å²) in [4.78, 5) is 9.87. The molecule has 1 aliphatic rings. The van der Waals surface area contributed by atoms with E-state index in [-0.39, 0.29) is 0 Å². The van der Waals surface area contributed by atoms with Gasteiger partial charge in [0.1, 0.15) is 17.1 Å². The number of aliphatic hydroxyl groups is 1. The SMILES string of the molecule is Cc1nc(CN2CCC(O)(c3cn[nH]n3)C2)c(C)[nH]1. The highest BCUT2D eigenvalue weighted by Crippen LogP contribution is 2.30. The van der Waals surface area contributed by atoms with E-state index >= 15 is 0 Å². The number of β-amino-alcohol motifs (C(OH)–C–C–N with tert-alkyl or cyclic N) is 1. The maximum Gasteiger partial charge on any atom is 0.124 e. The molecule has 3 N–H and O–H groups in total. The number of H-pyrrole nitrogens is 2. The fourth-order valence-electron chi connectivity index (χ4n) is 2.66. The van der Waals surface area contributed by atoms with E-state index in [2.05, 4.69) is 30.3 Å². The Morgan fingerprint density at radius 3 is 2.95 bits per heavy atom. The molecule has 7 heteroatoms. The maximum absolute atomic E-state index is 10.6. The summed E-state index contributed by atoms with van der Waals surface area (Å²) in [5, 5.41) is 20.9. The molecule has 3 heterocycles. The van der Waals surface area contributed by atoms with Gasteiger partial charge in [-0.3, -0.25) is 4.90 Å². The second-order valence-electron chi connectivity index (χ2n) is 5.24. The molecule has 102 valence electrons. The lowest BCUT2D eigenvalue weighted by Crippen LogP contribution is -2.31. The molecule has 0 spiro atoms. The molecule has 2 aromatic heterocycles. The summed E-state index contributed by atoms with van der Waals surface area (Å²) in [6.07, 6.45) is 2.26. The predicted molar refractivity (Wildman–Crippen MR) is 68.2 cm³/mol. The Kier molecular flexibility index (Phi) is 2.87. The minimum atomic E-state index is -0.897. The summed E-state index contributed by atoms with van der Waals surface area (Å²) in [5.41, 5.74) is 1.85. The highest BCUT2D eigenvalue weighted by atomic mass is 16.3. The molecule has 0 radical (unpaired) electrons. The Hall–Kier alpha value is -1.73. The molecule has 1 atom stereocenters. The van der Waals surface area contributed by atoms with Gasteiger partial charge in [0.15, 0.2) is 0 Å². The van der Waals surface area contributed by atoms with E-state index in [0.29, 0.717) is 18.7 Å². The molecule has 0 bridgehead atoms. The van der Waals surface area contributed by atoms with Crippen LogP contribution in [0.25, 0.3) is 0 Å². The van der Waals surface area contributed by atoms with Crippen LogP contribution in [0.3, 0.4) is 0 Å². The topological polar surface area (TPSA) is 93.7 Å². The minimum Gasteiger partial charge on any atom is -0.382 e. The molecule has 0 saturated carbocycles. The lowest BCUT2D eigenvalue weighted by atomic mass is 10.0. The molecule has 0 aromatic carbocycles. The number of hydrogen-bond acceptors (Lipinski definition) is 5. The van der Waals surface area contributed by atoms with Crippen molar-refractivity contribution in [2.75, 3.05) is 13.1 Å². The van der Waals surface area contributed by atoms with Crippen LogP contribution < -0.4 is 0 Å². The number of nitrogens with one attached hydrogen (secondary N) is 2. The van der Waals surface area contributed by atoms with Crippen LogP contribution in [0, 0.1) is 13.8 Å². The molecule has 1 fully saturated rings. The van der Waals surface area contributed by atoms with E-state index in [0.717, 1.165) is 30.3 Å². The Morgan fingerprint density at radius 2 is 2.32 bits per heavy atom. The number of nitrogens with zero attached hydrogens (tertiary/aromatic N) is 4. The van der Waals surface area contributed by atoms with Crippen LogP contribution in [-0.2, 0) is 12.1 Å². The number of rotatable bonds is 3. The second-order valence-corrected chi connectivity index (χ2v) is 5.24. The number of aromatic amines is 2. The monoisotopic (exact) mass is 262 g/mol. The van der Waals surface area contributed by atoms with Crippen molar-refractivity contribution in [1.29, 1.82) is 0 Å². The summed E-state index contributed by atoms with van der Waals surface area (Å²) >= 11 is 0. The Labute approximate surface area is 111 Å². The smallest absolute Gasteiger partial charge is 0.124 e. The van der Waals surface area contributed by atoms with Crippen LogP contribution in [0.4, 0.5) is 0 Å². The quantitative estimate of drug-likeness (QED) is 0.736.